The van der Waals surface area contributed by atoms with Crippen LogP contribution in [0.5, 0.6) is 0 Å². The molecule has 0 fully saturated rings. The molecule has 0 N–H and O–H groups in total. The molecule has 0 saturated heterocycles. The van der Waals surface area contributed by atoms with E-state index < -0.39 is 6.10 Å². The molecule has 1 atom stereocenters. The van der Waals surface area contributed by atoms with Crippen LogP contribution in [0, 0.1) is 0 Å². The quantitative estimate of drug-likeness (QED) is 0.0200. The van der Waals surface area contributed by atoms with Crippen LogP contribution in [0.2, 0.25) is 0 Å². The molecule has 0 spiro atoms. The molecular weight excluding hydrogens is 745 g/mol. The van der Waals surface area contributed by atoms with Gasteiger partial charge in [-0.05, 0) is 89.9 Å². The van der Waals surface area contributed by atoms with Gasteiger partial charge in [-0.15, -0.1) is 0 Å². The van der Waals surface area contributed by atoms with Gasteiger partial charge in [0.15, 0.2) is 6.10 Å². The highest BCUT2D eigenvalue weighted by Crippen LogP contribution is 2.14. The Balaban J connectivity index is 4.44. The van der Waals surface area contributed by atoms with Crippen molar-refractivity contribution in [2.75, 3.05) is 13.2 Å². The molecule has 0 aliphatic rings. The smallest absolute Gasteiger partial charge is 0.306 e. The zero-order chi connectivity index (χ0) is 43.7. The summed E-state index contributed by atoms with van der Waals surface area (Å²) in [7, 11) is 0. The highest BCUT2D eigenvalue weighted by atomic mass is 16.6. The minimum atomic E-state index is -0.789. The molecule has 0 amide bonds. The third-order valence-corrected chi connectivity index (χ3v) is 10.5. The topological polar surface area (TPSA) is 78.9 Å². The Hall–Kier alpha value is -3.15. The standard InChI is InChI=1S/C54H92O6/c1-4-7-10-13-16-19-22-25-27-29-32-35-38-41-44-47-53(56)59-50-51(49-58-52(55)46-43-40-37-34-31-24-21-18-15-12-9-6-3)60-54(57)48-45-42-39-36-33-30-28-26-23-20-17-14-11-8-5-2/h7,10,13,16,18-23,25,27,51H,4-6,8-9,11-12,14-15,17,24,26,28-50H2,1-3H3/b10-7-,16-13-,21-18-,22-19-,23-20-,27-25-. The van der Waals surface area contributed by atoms with E-state index in [-0.39, 0.29) is 31.1 Å². The van der Waals surface area contributed by atoms with E-state index in [1.54, 1.807) is 0 Å². The fraction of sp³-hybridized carbons (Fsp3) is 0.722. The van der Waals surface area contributed by atoms with Crippen LogP contribution in [0.1, 0.15) is 233 Å². The molecule has 0 aromatic rings. The number of rotatable bonds is 44. The molecule has 0 aliphatic carbocycles. The molecule has 0 saturated carbocycles. The Morgan fingerprint density at radius 1 is 0.350 bits per heavy atom. The molecule has 0 bridgehead atoms. The average Bonchev–Trinajstić information content (AvgIpc) is 3.24. The maximum atomic E-state index is 12.8. The monoisotopic (exact) mass is 837 g/mol. The number of hydrogen-bond acceptors (Lipinski definition) is 6. The van der Waals surface area contributed by atoms with Crippen molar-refractivity contribution < 1.29 is 28.6 Å². The molecule has 0 rings (SSSR count). The van der Waals surface area contributed by atoms with Crippen molar-refractivity contribution >= 4 is 17.9 Å². The van der Waals surface area contributed by atoms with Crippen molar-refractivity contribution in [3.05, 3.63) is 72.9 Å². The lowest BCUT2D eigenvalue weighted by Crippen LogP contribution is -2.30. The van der Waals surface area contributed by atoms with Crippen LogP contribution in [0.4, 0.5) is 0 Å². The predicted octanol–water partition coefficient (Wildman–Crippen LogP) is 16.3. The fourth-order valence-corrected chi connectivity index (χ4v) is 6.73. The van der Waals surface area contributed by atoms with Gasteiger partial charge in [0, 0.05) is 19.3 Å². The van der Waals surface area contributed by atoms with Crippen molar-refractivity contribution in [2.45, 2.75) is 239 Å². The summed E-state index contributed by atoms with van der Waals surface area (Å²) in [6.07, 6.45) is 60.2. The number of unbranched alkanes of at least 4 members (excludes halogenated alkanes) is 24. The van der Waals surface area contributed by atoms with E-state index in [9.17, 15) is 14.4 Å². The van der Waals surface area contributed by atoms with Crippen LogP contribution < -0.4 is 0 Å². The summed E-state index contributed by atoms with van der Waals surface area (Å²) in [5, 5.41) is 0. The van der Waals surface area contributed by atoms with Crippen molar-refractivity contribution in [3.63, 3.8) is 0 Å². The van der Waals surface area contributed by atoms with Gasteiger partial charge in [0.2, 0.25) is 0 Å². The maximum Gasteiger partial charge on any atom is 0.306 e. The van der Waals surface area contributed by atoms with Gasteiger partial charge < -0.3 is 14.2 Å². The molecule has 0 aliphatic heterocycles. The largest absolute Gasteiger partial charge is 0.462 e. The first kappa shape index (κ1) is 56.9. The van der Waals surface area contributed by atoms with Gasteiger partial charge in [-0.1, -0.05) is 196 Å². The number of carbonyl (C=O) groups is 3. The van der Waals surface area contributed by atoms with Gasteiger partial charge in [0.05, 0.1) is 0 Å². The summed E-state index contributed by atoms with van der Waals surface area (Å²) in [6.45, 7) is 6.43. The summed E-state index contributed by atoms with van der Waals surface area (Å²) in [6, 6.07) is 0. The molecule has 1 unspecified atom stereocenters. The second-order valence-electron chi connectivity index (χ2n) is 16.4. The zero-order valence-electron chi connectivity index (χ0n) is 39.2. The number of carbonyl (C=O) groups excluding carboxylic acids is 3. The first-order valence-electron chi connectivity index (χ1n) is 25.0. The van der Waals surface area contributed by atoms with E-state index in [2.05, 4.69) is 75.5 Å². The molecule has 0 aromatic carbocycles. The Labute approximate surface area is 370 Å². The number of esters is 3. The van der Waals surface area contributed by atoms with E-state index in [4.69, 9.17) is 14.2 Å². The molecule has 6 nitrogen and oxygen atoms in total. The van der Waals surface area contributed by atoms with E-state index >= 15 is 0 Å². The van der Waals surface area contributed by atoms with Gasteiger partial charge in [0.25, 0.3) is 0 Å². The van der Waals surface area contributed by atoms with Crippen molar-refractivity contribution in [3.8, 4) is 0 Å². The zero-order valence-corrected chi connectivity index (χ0v) is 39.2. The van der Waals surface area contributed by atoms with Gasteiger partial charge in [0.1, 0.15) is 13.2 Å². The highest BCUT2D eigenvalue weighted by Gasteiger charge is 2.19. The lowest BCUT2D eigenvalue weighted by molar-refractivity contribution is -0.167. The summed E-state index contributed by atoms with van der Waals surface area (Å²) >= 11 is 0. The summed E-state index contributed by atoms with van der Waals surface area (Å²) in [5.74, 6) is -0.927. The normalized spacial score (nSPS) is 12.7. The lowest BCUT2D eigenvalue weighted by atomic mass is 10.1. The minimum absolute atomic E-state index is 0.0896. The number of hydrogen-bond donors (Lipinski definition) is 0. The maximum absolute atomic E-state index is 12.8. The van der Waals surface area contributed by atoms with Crippen LogP contribution in [0.15, 0.2) is 72.9 Å². The van der Waals surface area contributed by atoms with E-state index in [1.165, 1.54) is 103 Å². The van der Waals surface area contributed by atoms with Crippen molar-refractivity contribution in [1.82, 2.24) is 0 Å². The summed E-state index contributed by atoms with van der Waals surface area (Å²) in [4.78, 5) is 37.9. The van der Waals surface area contributed by atoms with Gasteiger partial charge >= 0.3 is 17.9 Å². The van der Waals surface area contributed by atoms with Crippen LogP contribution in [-0.2, 0) is 28.6 Å². The molecule has 6 heteroatoms. The Kier molecular flexibility index (Phi) is 46.0. The van der Waals surface area contributed by atoms with Gasteiger partial charge in [-0.2, -0.15) is 0 Å². The molecular formula is C54H92O6. The van der Waals surface area contributed by atoms with Crippen LogP contribution >= 0.6 is 0 Å². The highest BCUT2D eigenvalue weighted by molar-refractivity contribution is 5.71. The average molecular weight is 837 g/mol. The molecule has 0 aromatic heterocycles. The SMILES string of the molecule is CC\C=C/C=C\C=C/C=C\CCCCCCCC(=O)OCC(COC(=O)CCCCCCC/C=C\CCCCC)OC(=O)CCCCCCCCC/C=C\CCCCCC. The number of allylic oxidation sites excluding steroid dienone is 12. The Morgan fingerprint density at radius 2 is 0.667 bits per heavy atom. The van der Waals surface area contributed by atoms with Crippen molar-refractivity contribution in [1.29, 1.82) is 0 Å². The van der Waals surface area contributed by atoms with Crippen LogP contribution in [-0.4, -0.2) is 37.2 Å². The Morgan fingerprint density at radius 3 is 1.10 bits per heavy atom. The Bertz CT molecular complexity index is 1140. The van der Waals surface area contributed by atoms with Crippen LogP contribution in [0.25, 0.3) is 0 Å². The molecule has 0 heterocycles. The second-order valence-corrected chi connectivity index (χ2v) is 16.4. The van der Waals surface area contributed by atoms with Gasteiger partial charge in [-0.25, -0.2) is 0 Å². The lowest BCUT2D eigenvalue weighted by Gasteiger charge is -2.18. The summed E-state index contributed by atoms with van der Waals surface area (Å²) < 4.78 is 16.7. The predicted molar refractivity (Wildman–Crippen MR) is 256 cm³/mol. The van der Waals surface area contributed by atoms with E-state index in [0.29, 0.717) is 19.3 Å². The van der Waals surface area contributed by atoms with E-state index in [1.807, 2.05) is 18.2 Å². The second kappa shape index (κ2) is 48.5. The number of ether oxygens (including phenoxy) is 3. The van der Waals surface area contributed by atoms with E-state index in [0.717, 1.165) is 89.9 Å². The third kappa shape index (κ3) is 45.9. The minimum Gasteiger partial charge on any atom is -0.462 e. The summed E-state index contributed by atoms with van der Waals surface area (Å²) in [5.41, 5.74) is 0. The van der Waals surface area contributed by atoms with Crippen LogP contribution in [0.3, 0.4) is 0 Å². The molecule has 0 radical (unpaired) electrons. The first-order chi connectivity index (χ1) is 29.5. The van der Waals surface area contributed by atoms with Gasteiger partial charge in [-0.3, -0.25) is 14.4 Å². The molecule has 344 valence electrons. The third-order valence-electron chi connectivity index (χ3n) is 10.5. The fourth-order valence-electron chi connectivity index (χ4n) is 6.73. The van der Waals surface area contributed by atoms with Crippen molar-refractivity contribution in [2.24, 2.45) is 0 Å². The molecule has 60 heavy (non-hydrogen) atoms. The first-order valence-corrected chi connectivity index (χ1v) is 25.0.